The van der Waals surface area contributed by atoms with Crippen molar-refractivity contribution < 1.29 is 36.8 Å². The molecular weight excluding hydrogens is 303 g/mol. The average Bonchev–Trinajstić information content (AvgIpc) is 2.35. The van der Waals surface area contributed by atoms with E-state index in [4.69, 9.17) is 9.84 Å². The van der Waals surface area contributed by atoms with Crippen molar-refractivity contribution in [3.05, 3.63) is 35.9 Å². The summed E-state index contributed by atoms with van der Waals surface area (Å²) in [4.78, 5) is 0. The smallest absolute Gasteiger partial charge is 0.152 e. The molecule has 6 heteroatoms. The van der Waals surface area contributed by atoms with Crippen LogP contribution in [0.2, 0.25) is 0 Å². The van der Waals surface area contributed by atoms with E-state index < -0.39 is 9.84 Å². The third-order valence-electron chi connectivity index (χ3n) is 2.52. The molecule has 1 N–H and O–H groups in total. The van der Waals surface area contributed by atoms with E-state index in [9.17, 15) is 8.42 Å². The minimum absolute atomic E-state index is 0. The van der Waals surface area contributed by atoms with Crippen molar-refractivity contribution in [1.29, 1.82) is 0 Å². The summed E-state index contributed by atoms with van der Waals surface area (Å²) in [6.45, 7) is 0.735. The molecule has 0 aliphatic rings. The predicted octanol–water partition coefficient (Wildman–Crippen LogP) is 1.04. The largest absolute Gasteiger partial charge is 0.395 e. The summed E-state index contributed by atoms with van der Waals surface area (Å²) in [5.41, 5.74) is 1.21. The minimum Gasteiger partial charge on any atom is -0.395 e. The number of hydrogen-bond donors (Lipinski definition) is 1. The van der Waals surface area contributed by atoms with Gasteiger partial charge in [0.1, 0.15) is 0 Å². The Morgan fingerprint density at radius 1 is 1.05 bits per heavy atom. The Labute approximate surface area is 127 Å². The summed E-state index contributed by atoms with van der Waals surface area (Å²) < 4.78 is 27.9. The Hall–Kier alpha value is -0.326. The maximum absolute atomic E-state index is 11.3. The van der Waals surface area contributed by atoms with Gasteiger partial charge in [-0.3, -0.25) is 0 Å². The SMILES string of the molecule is O=S(=O)(CCO)CCCOCCc1ccccc1.[V]. The van der Waals surface area contributed by atoms with Crippen LogP contribution in [-0.4, -0.2) is 44.9 Å². The van der Waals surface area contributed by atoms with Gasteiger partial charge in [-0.15, -0.1) is 0 Å². The van der Waals surface area contributed by atoms with Gasteiger partial charge in [0.05, 0.1) is 24.7 Å². The molecule has 4 nitrogen and oxygen atoms in total. The molecule has 0 bridgehead atoms. The Bertz CT molecular complexity index is 420. The zero-order valence-corrected chi connectivity index (χ0v) is 13.1. The van der Waals surface area contributed by atoms with Crippen LogP contribution < -0.4 is 0 Å². The monoisotopic (exact) mass is 323 g/mol. The Balaban J connectivity index is 0.00000324. The van der Waals surface area contributed by atoms with Crippen LogP contribution in [-0.2, 0) is 39.6 Å². The van der Waals surface area contributed by atoms with Gasteiger partial charge >= 0.3 is 0 Å². The molecule has 1 aromatic rings. The van der Waals surface area contributed by atoms with Crippen LogP contribution in [0.15, 0.2) is 30.3 Å². The summed E-state index contributed by atoms with van der Waals surface area (Å²) >= 11 is 0. The summed E-state index contributed by atoms with van der Waals surface area (Å²) in [6, 6.07) is 10.0. The topological polar surface area (TPSA) is 63.6 Å². The van der Waals surface area contributed by atoms with Crippen molar-refractivity contribution in [2.75, 3.05) is 31.3 Å². The van der Waals surface area contributed by atoms with E-state index in [1.165, 1.54) is 5.56 Å². The molecule has 0 aliphatic carbocycles. The molecule has 1 aromatic carbocycles. The molecule has 107 valence electrons. The Morgan fingerprint density at radius 3 is 2.37 bits per heavy atom. The zero-order valence-electron chi connectivity index (χ0n) is 10.9. The van der Waals surface area contributed by atoms with E-state index in [0.717, 1.165) is 6.42 Å². The van der Waals surface area contributed by atoms with Crippen LogP contribution in [0.4, 0.5) is 0 Å². The first-order valence-electron chi connectivity index (χ1n) is 6.07. The number of hydrogen-bond acceptors (Lipinski definition) is 4. The van der Waals surface area contributed by atoms with Crippen LogP contribution in [0, 0.1) is 0 Å². The van der Waals surface area contributed by atoms with E-state index in [1.54, 1.807) is 0 Å². The summed E-state index contributed by atoms with van der Waals surface area (Å²) in [6.07, 6.45) is 1.32. The molecule has 1 rings (SSSR count). The van der Waals surface area contributed by atoms with Gasteiger partial charge in [-0.1, -0.05) is 30.3 Å². The number of benzene rings is 1. The molecule has 0 heterocycles. The van der Waals surface area contributed by atoms with Gasteiger partial charge in [0.15, 0.2) is 9.84 Å². The first-order valence-corrected chi connectivity index (χ1v) is 7.89. The fraction of sp³-hybridized carbons (Fsp3) is 0.538. The van der Waals surface area contributed by atoms with Crippen LogP contribution in [0.1, 0.15) is 12.0 Å². The summed E-state index contributed by atoms with van der Waals surface area (Å²) in [5, 5.41) is 8.56. The molecule has 0 aliphatic heterocycles. The zero-order chi connectivity index (χ0) is 13.3. The van der Waals surface area contributed by atoms with Crippen LogP contribution in [0.25, 0.3) is 0 Å². The molecule has 0 aromatic heterocycles. The van der Waals surface area contributed by atoms with Crippen molar-refractivity contribution in [3.63, 3.8) is 0 Å². The Morgan fingerprint density at radius 2 is 1.74 bits per heavy atom. The second-order valence-corrected chi connectivity index (χ2v) is 6.38. The fourth-order valence-corrected chi connectivity index (χ4v) is 2.60. The van der Waals surface area contributed by atoms with E-state index in [-0.39, 0.29) is 36.7 Å². The molecule has 0 fully saturated rings. The standard InChI is InChI=1S/C13H20O4S.V/c14-8-12-18(15,16)11-4-9-17-10-7-13-5-2-1-3-6-13;/h1-3,5-6,14H,4,7-12H2;. The number of ether oxygens (including phenoxy) is 1. The predicted molar refractivity (Wildman–Crippen MR) is 71.3 cm³/mol. The maximum atomic E-state index is 11.3. The molecule has 0 amide bonds. The van der Waals surface area contributed by atoms with Crippen molar-refractivity contribution in [2.24, 2.45) is 0 Å². The maximum Gasteiger partial charge on any atom is 0.152 e. The van der Waals surface area contributed by atoms with Crippen LogP contribution in [0.3, 0.4) is 0 Å². The van der Waals surface area contributed by atoms with Gasteiger partial charge in [0.2, 0.25) is 0 Å². The molecular formula is C13H20O4SV. The number of sulfone groups is 1. The third kappa shape index (κ3) is 9.24. The summed E-state index contributed by atoms with van der Waals surface area (Å²) in [5.74, 6) is -0.0735. The second kappa shape index (κ2) is 10.5. The fourth-order valence-electron chi connectivity index (χ4n) is 1.56. The van der Waals surface area contributed by atoms with Crippen LogP contribution >= 0.6 is 0 Å². The van der Waals surface area contributed by atoms with Gasteiger partial charge in [0, 0.05) is 25.2 Å². The van der Waals surface area contributed by atoms with Crippen molar-refractivity contribution in [3.8, 4) is 0 Å². The van der Waals surface area contributed by atoms with Crippen LogP contribution in [0.5, 0.6) is 0 Å². The first-order chi connectivity index (χ1) is 8.64. The second-order valence-electron chi connectivity index (χ2n) is 4.08. The summed E-state index contributed by atoms with van der Waals surface area (Å²) in [7, 11) is -3.10. The van der Waals surface area contributed by atoms with E-state index in [1.807, 2.05) is 30.3 Å². The van der Waals surface area contributed by atoms with Gasteiger partial charge in [-0.25, -0.2) is 8.42 Å². The van der Waals surface area contributed by atoms with Crippen molar-refractivity contribution in [2.45, 2.75) is 12.8 Å². The van der Waals surface area contributed by atoms with Gasteiger partial charge in [0.25, 0.3) is 0 Å². The minimum atomic E-state index is -3.10. The molecule has 0 spiro atoms. The third-order valence-corrected chi connectivity index (χ3v) is 4.24. The van der Waals surface area contributed by atoms with Crippen molar-refractivity contribution >= 4 is 9.84 Å². The molecule has 0 saturated carbocycles. The van der Waals surface area contributed by atoms with E-state index >= 15 is 0 Å². The van der Waals surface area contributed by atoms with E-state index in [0.29, 0.717) is 19.6 Å². The van der Waals surface area contributed by atoms with Crippen molar-refractivity contribution in [1.82, 2.24) is 0 Å². The number of aliphatic hydroxyl groups excluding tert-OH is 1. The average molecular weight is 323 g/mol. The molecule has 0 saturated heterocycles. The molecule has 0 unspecified atom stereocenters. The number of rotatable bonds is 9. The van der Waals surface area contributed by atoms with Gasteiger partial charge < -0.3 is 9.84 Å². The van der Waals surface area contributed by atoms with E-state index in [2.05, 4.69) is 0 Å². The first kappa shape index (κ1) is 18.7. The Kier molecular flexibility index (Phi) is 10.3. The molecule has 1 radical (unpaired) electrons. The molecule has 0 atom stereocenters. The number of aliphatic hydroxyl groups is 1. The van der Waals surface area contributed by atoms with Gasteiger partial charge in [-0.2, -0.15) is 0 Å². The molecule has 19 heavy (non-hydrogen) atoms. The van der Waals surface area contributed by atoms with Gasteiger partial charge in [-0.05, 0) is 18.4 Å². The quantitative estimate of drug-likeness (QED) is 0.690. The normalized spacial score (nSPS) is 11.0.